The van der Waals surface area contributed by atoms with Crippen molar-refractivity contribution in [3.63, 3.8) is 0 Å². The number of halogens is 1. The summed E-state index contributed by atoms with van der Waals surface area (Å²) in [7, 11) is 0. The minimum Gasteiger partial charge on any atom is -0.348 e. The lowest BCUT2D eigenvalue weighted by Crippen LogP contribution is -2.26. The second kappa shape index (κ2) is 10.3. The third-order valence-electron chi connectivity index (χ3n) is 3.84. The van der Waals surface area contributed by atoms with Crippen molar-refractivity contribution in [2.24, 2.45) is 0 Å². The molecule has 1 amide bonds. The predicted octanol–water partition coefficient (Wildman–Crippen LogP) is 5.82. The monoisotopic (exact) mass is 333 g/mol. The van der Waals surface area contributed by atoms with Crippen molar-refractivity contribution in [3.05, 3.63) is 57.6 Å². The molecule has 0 aromatic heterocycles. The molecule has 126 valence electrons. The summed E-state index contributed by atoms with van der Waals surface area (Å²) in [5.74, 6) is 0.0208. The van der Waals surface area contributed by atoms with E-state index in [1.165, 1.54) is 5.57 Å². The van der Waals surface area contributed by atoms with Gasteiger partial charge >= 0.3 is 0 Å². The molecule has 0 bridgehead atoms. The van der Waals surface area contributed by atoms with Gasteiger partial charge in [0.2, 0.25) is 0 Å². The van der Waals surface area contributed by atoms with Crippen LogP contribution >= 0.6 is 11.6 Å². The number of amides is 1. The quantitative estimate of drug-likeness (QED) is 0.471. The van der Waals surface area contributed by atoms with Crippen LogP contribution in [0.3, 0.4) is 0 Å². The van der Waals surface area contributed by atoms with E-state index in [1.54, 1.807) is 0 Å². The van der Waals surface area contributed by atoms with E-state index < -0.39 is 0 Å². The molecule has 2 nitrogen and oxygen atoms in total. The second-order valence-corrected chi connectivity index (χ2v) is 6.14. The highest BCUT2D eigenvalue weighted by Crippen LogP contribution is 2.23. The topological polar surface area (TPSA) is 29.1 Å². The maximum Gasteiger partial charge on any atom is 0.251 e. The highest BCUT2D eigenvalue weighted by molar-refractivity contribution is 6.30. The van der Waals surface area contributed by atoms with E-state index in [4.69, 9.17) is 11.6 Å². The molecule has 0 aliphatic carbocycles. The molecular weight excluding hydrogens is 306 g/mol. The van der Waals surface area contributed by atoms with Crippen LogP contribution < -0.4 is 5.32 Å². The van der Waals surface area contributed by atoms with Crippen molar-refractivity contribution in [2.45, 2.75) is 59.9 Å². The molecule has 1 rings (SSSR count). The maximum atomic E-state index is 12.7. The summed E-state index contributed by atoms with van der Waals surface area (Å²) in [5.41, 5.74) is 4.23. The highest BCUT2D eigenvalue weighted by Gasteiger charge is 2.16. The van der Waals surface area contributed by atoms with Gasteiger partial charge in [-0.3, -0.25) is 4.79 Å². The summed E-state index contributed by atoms with van der Waals surface area (Å²) in [6.07, 6.45) is 5.99. The van der Waals surface area contributed by atoms with Crippen LogP contribution in [0.5, 0.6) is 0 Å². The van der Waals surface area contributed by atoms with E-state index >= 15 is 0 Å². The lowest BCUT2D eigenvalue weighted by atomic mass is 9.94. The minimum atomic E-state index is 0.0208. The Bertz CT molecular complexity index is 570. The Morgan fingerprint density at radius 2 is 1.83 bits per heavy atom. The van der Waals surface area contributed by atoms with E-state index in [0.29, 0.717) is 11.6 Å². The first-order chi connectivity index (χ1) is 11.0. The van der Waals surface area contributed by atoms with Gasteiger partial charge in [-0.2, -0.15) is 0 Å². The zero-order chi connectivity index (χ0) is 17.2. The summed E-state index contributed by atoms with van der Waals surface area (Å²) in [4.78, 5) is 12.7. The molecule has 1 aromatic rings. The predicted molar refractivity (Wildman–Crippen MR) is 99.6 cm³/mol. The zero-order valence-corrected chi connectivity index (χ0v) is 15.5. The molecule has 23 heavy (non-hydrogen) atoms. The third kappa shape index (κ3) is 6.23. The van der Waals surface area contributed by atoms with Gasteiger partial charge in [-0.1, -0.05) is 62.6 Å². The van der Waals surface area contributed by atoms with Crippen molar-refractivity contribution in [3.8, 4) is 0 Å². The van der Waals surface area contributed by atoms with E-state index in [0.717, 1.165) is 42.4 Å². The van der Waals surface area contributed by atoms with Crippen molar-refractivity contribution in [1.29, 1.82) is 0 Å². The molecule has 0 heterocycles. The Balaban J connectivity index is 2.92. The summed E-state index contributed by atoms with van der Waals surface area (Å²) < 4.78 is 0. The number of benzene rings is 1. The van der Waals surface area contributed by atoms with E-state index in [1.807, 2.05) is 24.3 Å². The molecule has 0 saturated heterocycles. The molecule has 0 unspecified atom stereocenters. The first-order valence-electron chi connectivity index (χ1n) is 8.45. The van der Waals surface area contributed by atoms with Crippen molar-refractivity contribution in [1.82, 2.24) is 5.32 Å². The van der Waals surface area contributed by atoms with Crippen LogP contribution in [0.15, 0.2) is 47.1 Å². The summed E-state index contributed by atoms with van der Waals surface area (Å²) in [6, 6.07) is 7.56. The van der Waals surface area contributed by atoms with Crippen LogP contribution in [-0.4, -0.2) is 5.91 Å². The number of rotatable bonds is 8. The summed E-state index contributed by atoms with van der Waals surface area (Å²) in [5, 5.41) is 3.76. The summed E-state index contributed by atoms with van der Waals surface area (Å²) in [6.45, 7) is 8.92. The molecule has 0 spiro atoms. The maximum absolute atomic E-state index is 12.7. The Morgan fingerprint density at radius 1 is 1.17 bits per heavy atom. The Hall–Kier alpha value is -1.54. The van der Waals surface area contributed by atoms with Crippen molar-refractivity contribution in [2.75, 3.05) is 0 Å². The third-order valence-corrected chi connectivity index (χ3v) is 4.09. The normalized spacial score (nSPS) is 12.8. The Kier molecular flexibility index (Phi) is 8.71. The van der Waals surface area contributed by atoms with E-state index in [2.05, 4.69) is 39.1 Å². The first-order valence-corrected chi connectivity index (χ1v) is 8.82. The molecule has 1 N–H and O–H groups in total. The van der Waals surface area contributed by atoms with Crippen LogP contribution in [0, 0.1) is 0 Å². The lowest BCUT2D eigenvalue weighted by molar-refractivity contribution is -0.117. The van der Waals surface area contributed by atoms with Crippen LogP contribution in [-0.2, 0) is 11.3 Å². The number of carbonyl (C=O) groups is 1. The number of nitrogens with one attached hydrogen (secondary N) is 1. The van der Waals surface area contributed by atoms with Crippen LogP contribution in [0.25, 0.3) is 0 Å². The van der Waals surface area contributed by atoms with Crippen molar-refractivity contribution >= 4 is 17.5 Å². The van der Waals surface area contributed by atoms with Gasteiger partial charge < -0.3 is 5.32 Å². The molecule has 0 aliphatic heterocycles. The number of hydrogen-bond acceptors (Lipinski definition) is 1. The standard InChI is InChI=1S/C20H28ClNO/c1-5-8-17(9-6-2)19(15(4)7-3)20(23)22-14-16-10-12-18(21)13-11-16/h8,10-13H,5-7,9,14H2,1-4H3,(H,22,23). The number of allylic oxidation sites excluding steroid dienone is 2. The van der Waals surface area contributed by atoms with Gasteiger partial charge in [0, 0.05) is 17.1 Å². The van der Waals surface area contributed by atoms with Gasteiger partial charge in [0.1, 0.15) is 0 Å². The fraction of sp³-hybridized carbons (Fsp3) is 0.450. The van der Waals surface area contributed by atoms with Gasteiger partial charge in [0.15, 0.2) is 0 Å². The fourth-order valence-corrected chi connectivity index (χ4v) is 2.63. The van der Waals surface area contributed by atoms with Gasteiger partial charge in [-0.15, -0.1) is 0 Å². The largest absolute Gasteiger partial charge is 0.348 e. The highest BCUT2D eigenvalue weighted by atomic mass is 35.5. The van der Waals surface area contributed by atoms with E-state index in [9.17, 15) is 4.79 Å². The van der Waals surface area contributed by atoms with E-state index in [-0.39, 0.29) is 5.91 Å². The molecule has 0 fully saturated rings. The fourth-order valence-electron chi connectivity index (χ4n) is 2.51. The average Bonchev–Trinajstić information content (AvgIpc) is 2.54. The lowest BCUT2D eigenvalue weighted by Gasteiger charge is -2.15. The van der Waals surface area contributed by atoms with Gasteiger partial charge in [0.05, 0.1) is 0 Å². The Labute approximate surface area is 145 Å². The number of carbonyl (C=O) groups excluding carboxylic acids is 1. The van der Waals surface area contributed by atoms with Gasteiger partial charge in [-0.25, -0.2) is 0 Å². The Morgan fingerprint density at radius 3 is 2.35 bits per heavy atom. The van der Waals surface area contributed by atoms with Crippen LogP contribution in [0.1, 0.15) is 58.9 Å². The average molecular weight is 334 g/mol. The molecule has 0 saturated carbocycles. The molecule has 1 aromatic carbocycles. The second-order valence-electron chi connectivity index (χ2n) is 5.71. The van der Waals surface area contributed by atoms with Crippen LogP contribution in [0.2, 0.25) is 5.02 Å². The SMILES string of the molecule is CCC=C(CCC)C(C(=O)NCc1ccc(Cl)cc1)=C(C)CC. The first kappa shape index (κ1) is 19.5. The molecule has 0 aliphatic rings. The number of hydrogen-bond donors (Lipinski definition) is 1. The zero-order valence-electron chi connectivity index (χ0n) is 14.7. The molecule has 0 radical (unpaired) electrons. The molecule has 3 heteroatoms. The molecular formula is C20H28ClNO. The summed E-state index contributed by atoms with van der Waals surface area (Å²) >= 11 is 5.89. The smallest absolute Gasteiger partial charge is 0.251 e. The van der Waals surface area contributed by atoms with Gasteiger partial charge in [0.25, 0.3) is 5.91 Å². The van der Waals surface area contributed by atoms with Crippen LogP contribution in [0.4, 0.5) is 0 Å². The molecule has 0 atom stereocenters. The van der Waals surface area contributed by atoms with Crippen molar-refractivity contribution < 1.29 is 4.79 Å². The minimum absolute atomic E-state index is 0.0208. The van der Waals surface area contributed by atoms with Gasteiger partial charge in [-0.05, 0) is 49.5 Å².